The van der Waals surface area contributed by atoms with Gasteiger partial charge in [0.15, 0.2) is 5.65 Å². The smallest absolute Gasteiger partial charge is 0.376 e. The maximum absolute atomic E-state index is 9.94. The number of rotatable bonds is 11. The molecule has 0 radical (unpaired) electrons. The fraction of sp³-hybridized carbons (Fsp3) is 0.400. The molecule has 0 amide bonds. The maximum atomic E-state index is 9.94. The molecule has 0 spiro atoms. The molecule has 1 aliphatic heterocycles. The Morgan fingerprint density at radius 1 is 0.900 bits per heavy atom. The minimum Gasteiger partial charge on any atom is -0.489 e. The summed E-state index contributed by atoms with van der Waals surface area (Å²) in [5, 5.41) is 9.94. The average molecular weight is 558 g/mol. The second-order valence-electron chi connectivity index (χ2n) is 11.7. The van der Waals surface area contributed by atoms with Crippen molar-refractivity contribution < 1.29 is 14.5 Å². The molecular weight excluding hydrogens is 517 g/mol. The number of nitrogens with zero attached hydrogens (tertiary/aromatic N) is 5. The van der Waals surface area contributed by atoms with Crippen LogP contribution in [0.3, 0.4) is 0 Å². The van der Waals surface area contributed by atoms with Crippen LogP contribution in [-0.2, 0) is 18.1 Å². The highest BCUT2D eigenvalue weighted by Gasteiger charge is 2.24. The highest BCUT2D eigenvalue weighted by atomic mass is 28.3. The molecule has 0 unspecified atom stereocenters. The van der Waals surface area contributed by atoms with Gasteiger partial charge in [-0.1, -0.05) is 50.0 Å². The summed E-state index contributed by atoms with van der Waals surface area (Å²) in [4.78, 5) is 14.4. The zero-order valence-electron chi connectivity index (χ0n) is 24.1. The topological polar surface area (TPSA) is 75.9 Å². The van der Waals surface area contributed by atoms with Crippen molar-refractivity contribution in [3.63, 3.8) is 0 Å². The first kappa shape index (κ1) is 28.4. The van der Waals surface area contributed by atoms with E-state index in [1.165, 1.54) is 0 Å². The van der Waals surface area contributed by atoms with Gasteiger partial charge in [-0.05, 0) is 54.8 Å². The van der Waals surface area contributed by atoms with E-state index in [-0.39, 0.29) is 0 Å². The number of piperazine rings is 1. The van der Waals surface area contributed by atoms with E-state index in [0.29, 0.717) is 13.3 Å². The largest absolute Gasteiger partial charge is 0.489 e. The molecule has 5 rings (SSSR count). The third-order valence-electron chi connectivity index (χ3n) is 7.32. The van der Waals surface area contributed by atoms with E-state index in [2.05, 4.69) is 64.3 Å². The van der Waals surface area contributed by atoms with Crippen LogP contribution in [0.1, 0.15) is 5.56 Å². The van der Waals surface area contributed by atoms with Crippen LogP contribution in [0.25, 0.3) is 22.6 Å². The minimum atomic E-state index is -1.20. The zero-order valence-corrected chi connectivity index (χ0v) is 25.1. The summed E-state index contributed by atoms with van der Waals surface area (Å²) in [7, 11) is -1.63. The predicted molar refractivity (Wildman–Crippen MR) is 165 cm³/mol. The number of benzene rings is 2. The third-order valence-corrected chi connectivity index (χ3v) is 9.03. The molecule has 10 heteroatoms. The number of ether oxygens (including phenoxy) is 2. The van der Waals surface area contributed by atoms with Crippen LogP contribution < -0.4 is 9.64 Å². The normalized spacial score (nSPS) is 14.6. The highest BCUT2D eigenvalue weighted by molar-refractivity contribution is 6.76. The van der Waals surface area contributed by atoms with Crippen LogP contribution in [0.15, 0.2) is 66.7 Å². The molecule has 3 heterocycles. The first-order chi connectivity index (χ1) is 19.3. The summed E-state index contributed by atoms with van der Waals surface area (Å²) in [6.45, 7) is 13.8. The van der Waals surface area contributed by atoms with Crippen LogP contribution in [0.2, 0.25) is 32.5 Å². The van der Waals surface area contributed by atoms with Crippen molar-refractivity contribution in [2.24, 2.45) is 0 Å². The molecule has 40 heavy (non-hydrogen) atoms. The lowest BCUT2D eigenvalue weighted by Gasteiger charge is -2.35. The van der Waals surface area contributed by atoms with Crippen molar-refractivity contribution in [2.75, 3.05) is 37.7 Å². The van der Waals surface area contributed by atoms with Crippen molar-refractivity contribution in [3.8, 4) is 17.1 Å². The first-order valence-electron chi connectivity index (χ1n) is 14.2. The third kappa shape index (κ3) is 7.12. The van der Waals surface area contributed by atoms with Crippen molar-refractivity contribution in [1.29, 1.82) is 0 Å². The van der Waals surface area contributed by atoms with Gasteiger partial charge in [0.2, 0.25) is 0 Å². The van der Waals surface area contributed by atoms with Crippen LogP contribution in [0, 0.1) is 0 Å². The van der Waals surface area contributed by atoms with E-state index in [4.69, 9.17) is 19.4 Å². The second-order valence-corrected chi connectivity index (χ2v) is 17.3. The van der Waals surface area contributed by atoms with Crippen molar-refractivity contribution >= 4 is 32.1 Å². The zero-order chi connectivity index (χ0) is 28.1. The molecule has 0 saturated carbocycles. The lowest BCUT2D eigenvalue weighted by molar-refractivity contribution is 0.0906. The summed E-state index contributed by atoms with van der Waals surface area (Å²) < 4.78 is 14.3. The highest BCUT2D eigenvalue weighted by Crippen LogP contribution is 2.28. The molecule has 4 aromatic rings. The molecule has 2 aromatic heterocycles. The summed E-state index contributed by atoms with van der Waals surface area (Å²) in [5.41, 5.74) is 3.80. The maximum Gasteiger partial charge on any atom is 0.376 e. The lowest BCUT2D eigenvalue weighted by atomic mass is 9.84. The SMILES string of the molecule is CB(O)N1CCN(c2ccc3nc(-c4ccc(OCc5ccccc5)cc4)n(COCC[Si](C)(C)C)c3n2)CC1. The molecule has 1 aliphatic rings. The Balaban J connectivity index is 1.38. The van der Waals surface area contributed by atoms with Crippen molar-refractivity contribution in [3.05, 3.63) is 72.3 Å². The summed E-state index contributed by atoms with van der Waals surface area (Å²) in [6, 6.07) is 23.5. The Kier molecular flexibility index (Phi) is 8.90. The molecule has 0 atom stereocenters. The number of imidazole rings is 1. The van der Waals surface area contributed by atoms with Crippen LogP contribution >= 0.6 is 0 Å². The fourth-order valence-electron chi connectivity index (χ4n) is 4.81. The summed E-state index contributed by atoms with van der Waals surface area (Å²) >= 11 is 0. The molecule has 0 aliphatic carbocycles. The summed E-state index contributed by atoms with van der Waals surface area (Å²) in [5.74, 6) is 2.58. The average Bonchev–Trinajstić information content (AvgIpc) is 3.32. The van der Waals surface area contributed by atoms with E-state index < -0.39 is 15.1 Å². The Labute approximate surface area is 238 Å². The van der Waals surface area contributed by atoms with Crippen LogP contribution in [0.5, 0.6) is 5.75 Å². The number of anilines is 1. The molecule has 210 valence electrons. The molecular formula is C30H40BN5O3Si. The molecule has 8 nitrogen and oxygen atoms in total. The Morgan fingerprint density at radius 2 is 1.62 bits per heavy atom. The number of hydrogen-bond donors (Lipinski definition) is 1. The van der Waals surface area contributed by atoms with Crippen molar-refractivity contribution in [1.82, 2.24) is 19.3 Å². The molecule has 0 bridgehead atoms. The standard InChI is InChI=1S/C30H40BN5O3Si/c1-31(37)35-18-16-34(17-19-35)28-15-14-27-30(33-28)36(23-38-20-21-40(2,3)4)29(32-27)25-10-12-26(13-11-25)39-22-24-8-6-5-7-9-24/h5-15,37H,16-23H2,1-4H3. The van der Waals surface area contributed by atoms with Crippen LogP contribution in [0.4, 0.5) is 5.82 Å². The van der Waals surface area contributed by atoms with Gasteiger partial charge >= 0.3 is 7.05 Å². The van der Waals surface area contributed by atoms with Gasteiger partial charge in [-0.15, -0.1) is 0 Å². The Morgan fingerprint density at radius 3 is 2.30 bits per heavy atom. The van der Waals surface area contributed by atoms with E-state index in [9.17, 15) is 5.02 Å². The van der Waals surface area contributed by atoms with E-state index in [1.807, 2.05) is 43.2 Å². The van der Waals surface area contributed by atoms with Gasteiger partial charge in [0.25, 0.3) is 0 Å². The van der Waals surface area contributed by atoms with Crippen molar-refractivity contribution in [2.45, 2.75) is 45.8 Å². The molecule has 1 fully saturated rings. The number of pyridine rings is 1. The Hall–Kier alpha value is -3.18. The quantitative estimate of drug-likeness (QED) is 0.200. The lowest BCUT2D eigenvalue weighted by Crippen LogP contribution is -2.51. The Bertz CT molecular complexity index is 1380. The molecule has 1 saturated heterocycles. The van der Waals surface area contributed by atoms with Gasteiger partial charge in [-0.25, -0.2) is 9.97 Å². The fourth-order valence-corrected chi connectivity index (χ4v) is 5.57. The molecule has 1 N–H and O–H groups in total. The van der Waals surface area contributed by atoms with E-state index in [1.54, 1.807) is 0 Å². The van der Waals surface area contributed by atoms with E-state index in [0.717, 1.165) is 78.5 Å². The summed E-state index contributed by atoms with van der Waals surface area (Å²) in [6.07, 6.45) is 0. The van der Waals surface area contributed by atoms with Gasteiger partial charge in [0.05, 0.1) is 0 Å². The van der Waals surface area contributed by atoms with Gasteiger partial charge in [-0.3, -0.25) is 4.57 Å². The monoisotopic (exact) mass is 557 g/mol. The minimum absolute atomic E-state index is 0.398. The second kappa shape index (κ2) is 12.6. The number of aromatic nitrogens is 3. The molecule has 2 aromatic carbocycles. The van der Waals surface area contributed by atoms with Gasteiger partial charge in [-0.2, -0.15) is 0 Å². The number of hydrogen-bond acceptors (Lipinski definition) is 7. The first-order valence-corrected chi connectivity index (χ1v) is 17.9. The van der Waals surface area contributed by atoms with Crippen LogP contribution in [-0.4, -0.2) is 72.3 Å². The van der Waals surface area contributed by atoms with Gasteiger partial charge in [0, 0.05) is 46.4 Å². The van der Waals surface area contributed by atoms with Gasteiger partial charge in [0.1, 0.15) is 36.2 Å². The predicted octanol–water partition coefficient (Wildman–Crippen LogP) is 5.22. The van der Waals surface area contributed by atoms with Gasteiger partial charge < -0.3 is 24.2 Å². The van der Waals surface area contributed by atoms with E-state index >= 15 is 0 Å². The number of fused-ring (bicyclic) bond motifs is 1.